The van der Waals surface area contributed by atoms with Crippen molar-refractivity contribution in [2.24, 2.45) is 0 Å². The molecule has 0 aromatic heterocycles. The van der Waals surface area contributed by atoms with Crippen molar-refractivity contribution >= 4 is 61.9 Å². The van der Waals surface area contributed by atoms with E-state index in [1.807, 2.05) is 36.4 Å². The van der Waals surface area contributed by atoms with Gasteiger partial charge in [-0.3, -0.25) is 0 Å². The Kier molecular flexibility index (Phi) is 4.25. The third-order valence-electron chi connectivity index (χ3n) is 2.25. The van der Waals surface area contributed by atoms with E-state index in [-0.39, 0.29) is 0 Å². The van der Waals surface area contributed by atoms with E-state index in [2.05, 4.69) is 55.8 Å². The molecule has 5 heteroatoms. The predicted molar refractivity (Wildman–Crippen MR) is 85.2 cm³/mol. The molecule has 88 valence electrons. The maximum Gasteiger partial charge on any atom is 0.0519 e. The van der Waals surface area contributed by atoms with Crippen molar-refractivity contribution in [1.82, 2.24) is 0 Å². The fourth-order valence-electron chi connectivity index (χ4n) is 1.41. The summed E-state index contributed by atoms with van der Waals surface area (Å²) in [5, 5.41) is 3.27. The fraction of sp³-hybridized carbons (Fsp3) is 0. The van der Waals surface area contributed by atoms with Crippen molar-refractivity contribution in [3.8, 4) is 0 Å². The molecule has 0 amide bonds. The molecule has 1 N–H and O–H groups in total. The Morgan fingerprint density at radius 1 is 0.765 bits per heavy atom. The highest BCUT2D eigenvalue weighted by Gasteiger charge is 2.04. The maximum absolute atomic E-state index is 4.38. The highest BCUT2D eigenvalue weighted by Crippen LogP contribution is 2.32. The van der Waals surface area contributed by atoms with Crippen LogP contribution in [-0.2, 0) is 0 Å². The Bertz CT molecular complexity index is 531. The van der Waals surface area contributed by atoms with Gasteiger partial charge >= 0.3 is 0 Å². The Balaban J connectivity index is 2.34. The van der Waals surface area contributed by atoms with E-state index in [4.69, 9.17) is 0 Å². The number of hydrogen-bond donors (Lipinski definition) is 5. The smallest absolute Gasteiger partial charge is 0.0519 e. The Morgan fingerprint density at radius 2 is 1.35 bits per heavy atom. The average molecular weight is 297 g/mol. The molecule has 0 spiro atoms. The third-order valence-corrected chi connectivity index (χ3v) is 4.18. The van der Waals surface area contributed by atoms with Crippen molar-refractivity contribution in [2.45, 2.75) is 19.6 Å². The van der Waals surface area contributed by atoms with Gasteiger partial charge in [0.2, 0.25) is 0 Å². The predicted octanol–water partition coefficient (Wildman–Crippen LogP) is 4.59. The number of thiol groups is 4. The quantitative estimate of drug-likeness (QED) is 0.511. The van der Waals surface area contributed by atoms with Gasteiger partial charge in [0.05, 0.1) is 5.69 Å². The van der Waals surface area contributed by atoms with E-state index >= 15 is 0 Å². The van der Waals surface area contributed by atoms with Crippen LogP contribution >= 0.6 is 50.5 Å². The van der Waals surface area contributed by atoms with Crippen LogP contribution in [0.4, 0.5) is 11.4 Å². The first-order valence-corrected chi connectivity index (χ1v) is 6.67. The Morgan fingerprint density at radius 3 is 1.94 bits per heavy atom. The molecule has 17 heavy (non-hydrogen) atoms. The van der Waals surface area contributed by atoms with Crippen LogP contribution in [0.1, 0.15) is 0 Å². The lowest BCUT2D eigenvalue weighted by molar-refractivity contribution is 1.14. The molecule has 0 saturated heterocycles. The lowest BCUT2D eigenvalue weighted by atomic mass is 10.2. The number of nitrogens with one attached hydrogen (secondary N) is 1. The summed E-state index contributed by atoms with van der Waals surface area (Å²) >= 11 is 17.4. The first-order valence-electron chi connectivity index (χ1n) is 4.88. The van der Waals surface area contributed by atoms with E-state index in [1.165, 1.54) is 0 Å². The van der Waals surface area contributed by atoms with Crippen molar-refractivity contribution in [1.29, 1.82) is 0 Å². The van der Waals surface area contributed by atoms with Crippen LogP contribution in [0.3, 0.4) is 0 Å². The number of para-hydroxylation sites is 1. The zero-order valence-electron chi connectivity index (χ0n) is 8.75. The van der Waals surface area contributed by atoms with Crippen LogP contribution in [0.15, 0.2) is 56.0 Å². The summed E-state index contributed by atoms with van der Waals surface area (Å²) in [6.45, 7) is 0. The third kappa shape index (κ3) is 3.10. The summed E-state index contributed by atoms with van der Waals surface area (Å²) in [4.78, 5) is 3.25. The first-order chi connectivity index (χ1) is 8.08. The highest BCUT2D eigenvalue weighted by atomic mass is 32.1. The minimum Gasteiger partial charge on any atom is -0.355 e. The summed E-state index contributed by atoms with van der Waals surface area (Å²) in [5.74, 6) is 0. The second-order valence-electron chi connectivity index (χ2n) is 3.51. The maximum atomic E-state index is 4.38. The van der Waals surface area contributed by atoms with Crippen LogP contribution in [0.2, 0.25) is 0 Å². The molecule has 0 heterocycles. The summed E-state index contributed by atoms with van der Waals surface area (Å²) in [7, 11) is 0. The van der Waals surface area contributed by atoms with Crippen LogP contribution in [0.25, 0.3) is 0 Å². The minimum atomic E-state index is 0.779. The summed E-state index contributed by atoms with van der Waals surface area (Å²) < 4.78 is 0. The van der Waals surface area contributed by atoms with E-state index in [1.54, 1.807) is 0 Å². The molecule has 0 saturated carbocycles. The minimum absolute atomic E-state index is 0.779. The topological polar surface area (TPSA) is 12.0 Å². The van der Waals surface area contributed by atoms with E-state index in [0.29, 0.717) is 0 Å². The SMILES string of the molecule is Sc1ccccc1Nc1cc(S)c(S)c(S)c1. The fourth-order valence-corrected chi connectivity index (χ4v) is 2.36. The van der Waals surface area contributed by atoms with Crippen molar-refractivity contribution < 1.29 is 0 Å². The van der Waals surface area contributed by atoms with Crippen molar-refractivity contribution in [2.75, 3.05) is 5.32 Å². The zero-order valence-corrected chi connectivity index (χ0v) is 12.3. The van der Waals surface area contributed by atoms with Crippen molar-refractivity contribution in [3.05, 3.63) is 36.4 Å². The molecular formula is C12H11NS4. The normalized spacial score (nSPS) is 10.4. The lowest BCUT2D eigenvalue weighted by Gasteiger charge is -2.11. The highest BCUT2D eigenvalue weighted by molar-refractivity contribution is 7.85. The molecule has 0 aliphatic carbocycles. The molecule has 0 fully saturated rings. The number of rotatable bonds is 2. The Hall–Kier alpha value is -0.360. The second kappa shape index (κ2) is 5.52. The van der Waals surface area contributed by atoms with Gasteiger partial charge in [-0.05, 0) is 24.3 Å². The molecule has 0 bridgehead atoms. The van der Waals surface area contributed by atoms with Gasteiger partial charge in [0.25, 0.3) is 0 Å². The average Bonchev–Trinajstić information content (AvgIpc) is 2.29. The zero-order chi connectivity index (χ0) is 12.4. The molecule has 2 aromatic carbocycles. The number of benzene rings is 2. The van der Waals surface area contributed by atoms with Gasteiger partial charge in [-0.1, -0.05) is 12.1 Å². The van der Waals surface area contributed by atoms with Gasteiger partial charge in [-0.25, -0.2) is 0 Å². The van der Waals surface area contributed by atoms with E-state index < -0.39 is 0 Å². The standard InChI is InChI=1S/C12H11NS4/c14-9-4-2-1-3-8(9)13-7-5-10(15)12(17)11(16)6-7/h1-6,13-17H. The van der Waals surface area contributed by atoms with Gasteiger partial charge in [0, 0.05) is 25.3 Å². The molecule has 1 nitrogen and oxygen atoms in total. The first kappa shape index (κ1) is 13.1. The molecule has 0 radical (unpaired) electrons. The van der Waals surface area contributed by atoms with Crippen LogP contribution in [-0.4, -0.2) is 0 Å². The van der Waals surface area contributed by atoms with Gasteiger partial charge in [-0.2, -0.15) is 0 Å². The van der Waals surface area contributed by atoms with Crippen LogP contribution in [0, 0.1) is 0 Å². The van der Waals surface area contributed by atoms with Gasteiger partial charge in [-0.15, -0.1) is 50.5 Å². The lowest BCUT2D eigenvalue weighted by Crippen LogP contribution is -1.92. The molecule has 2 rings (SSSR count). The van der Waals surface area contributed by atoms with Gasteiger partial charge in [0.1, 0.15) is 0 Å². The second-order valence-corrected chi connectivity index (χ2v) is 5.40. The summed E-state index contributed by atoms with van der Waals surface area (Å²) in [5.41, 5.74) is 1.86. The Labute approximate surface area is 123 Å². The summed E-state index contributed by atoms with van der Waals surface area (Å²) in [6.07, 6.45) is 0. The molecule has 0 aliphatic heterocycles. The molecule has 2 aromatic rings. The van der Waals surface area contributed by atoms with Gasteiger partial charge in [0.15, 0.2) is 0 Å². The number of hydrogen-bond acceptors (Lipinski definition) is 5. The van der Waals surface area contributed by atoms with Crippen molar-refractivity contribution in [3.63, 3.8) is 0 Å². The monoisotopic (exact) mass is 297 g/mol. The van der Waals surface area contributed by atoms with E-state index in [0.717, 1.165) is 31.0 Å². The molecular weight excluding hydrogens is 286 g/mol. The van der Waals surface area contributed by atoms with Gasteiger partial charge < -0.3 is 5.32 Å². The van der Waals surface area contributed by atoms with Crippen LogP contribution in [0.5, 0.6) is 0 Å². The molecule has 0 unspecified atom stereocenters. The largest absolute Gasteiger partial charge is 0.355 e. The summed E-state index contributed by atoms with van der Waals surface area (Å²) in [6, 6.07) is 11.6. The van der Waals surface area contributed by atoms with Crippen LogP contribution < -0.4 is 5.32 Å². The molecule has 0 atom stereocenters. The van der Waals surface area contributed by atoms with E-state index in [9.17, 15) is 0 Å². The number of anilines is 2. The molecule has 0 aliphatic rings.